The molecule has 0 spiro atoms. The Hall–Kier alpha value is -6.46. The number of thiophene rings is 2. The monoisotopic (exact) mass is 724 g/mol. The molecule has 0 bridgehead atoms. The first-order chi connectivity index (χ1) is 26.8. The highest BCUT2D eigenvalue weighted by Gasteiger charge is 2.23. The Labute approximate surface area is 321 Å². The van der Waals surface area contributed by atoms with Crippen molar-refractivity contribution in [1.29, 1.82) is 0 Å². The molecule has 11 aromatic rings. The van der Waals surface area contributed by atoms with E-state index in [0.29, 0.717) is 0 Å². The molecule has 0 unspecified atom stereocenters. The SMILES string of the molecule is c1ccc(-c2ccc(N(c3ccc(-c4ccc5ccccc5c4)cc3)c3cccc(-n4c5c6ccccc6sc5c5sc6ccccc6c54)c3)cc2)cc1. The van der Waals surface area contributed by atoms with Crippen molar-refractivity contribution in [3.63, 3.8) is 0 Å². The van der Waals surface area contributed by atoms with Crippen LogP contribution in [0.2, 0.25) is 0 Å². The molecule has 3 heterocycles. The van der Waals surface area contributed by atoms with Gasteiger partial charge < -0.3 is 9.47 Å². The van der Waals surface area contributed by atoms with E-state index in [4.69, 9.17) is 0 Å². The van der Waals surface area contributed by atoms with Gasteiger partial charge >= 0.3 is 0 Å². The largest absolute Gasteiger partial charge is 0.310 e. The average molecular weight is 725 g/mol. The van der Waals surface area contributed by atoms with Gasteiger partial charge in [0.05, 0.1) is 20.4 Å². The molecule has 4 heteroatoms. The lowest BCUT2D eigenvalue weighted by molar-refractivity contribution is 1.18. The Balaban J connectivity index is 1.09. The summed E-state index contributed by atoms with van der Waals surface area (Å²) < 4.78 is 7.87. The summed E-state index contributed by atoms with van der Waals surface area (Å²) >= 11 is 3.81. The van der Waals surface area contributed by atoms with Crippen LogP contribution in [0.15, 0.2) is 194 Å². The van der Waals surface area contributed by atoms with Gasteiger partial charge in [0.1, 0.15) is 0 Å². The number of nitrogens with zero attached hydrogens (tertiary/aromatic N) is 2. The second kappa shape index (κ2) is 12.6. The van der Waals surface area contributed by atoms with E-state index in [1.54, 1.807) is 0 Å². The van der Waals surface area contributed by atoms with Crippen molar-refractivity contribution in [2.75, 3.05) is 4.90 Å². The maximum absolute atomic E-state index is 2.52. The van der Waals surface area contributed by atoms with E-state index in [1.165, 1.54) is 73.6 Å². The van der Waals surface area contributed by atoms with Crippen molar-refractivity contribution in [3.05, 3.63) is 194 Å². The molecular formula is C50H32N2S2. The van der Waals surface area contributed by atoms with Crippen molar-refractivity contribution >= 4 is 91.1 Å². The first-order valence-electron chi connectivity index (χ1n) is 18.3. The van der Waals surface area contributed by atoms with Crippen LogP contribution >= 0.6 is 22.7 Å². The summed E-state index contributed by atoms with van der Waals surface area (Å²) in [4.78, 5) is 2.39. The quantitative estimate of drug-likeness (QED) is 0.166. The molecule has 0 saturated carbocycles. The number of benzene rings is 8. The van der Waals surface area contributed by atoms with Crippen LogP contribution in [-0.4, -0.2) is 4.57 Å². The summed E-state index contributed by atoms with van der Waals surface area (Å²) in [6, 6.07) is 70.6. The minimum Gasteiger partial charge on any atom is -0.310 e. The molecule has 11 rings (SSSR count). The Morgan fingerprint density at radius 1 is 0.352 bits per heavy atom. The van der Waals surface area contributed by atoms with E-state index < -0.39 is 0 Å². The fraction of sp³-hybridized carbons (Fsp3) is 0. The molecule has 0 aliphatic rings. The summed E-state index contributed by atoms with van der Waals surface area (Å²) in [7, 11) is 0. The van der Waals surface area contributed by atoms with Crippen LogP contribution in [0.25, 0.3) is 79.3 Å². The molecule has 0 saturated heterocycles. The van der Waals surface area contributed by atoms with Gasteiger partial charge in [0.25, 0.3) is 0 Å². The fourth-order valence-corrected chi connectivity index (χ4v) is 10.5. The first kappa shape index (κ1) is 31.1. The lowest BCUT2D eigenvalue weighted by atomic mass is 10.0. The molecule has 0 atom stereocenters. The summed E-state index contributed by atoms with van der Waals surface area (Å²) in [5, 5.41) is 5.10. The Morgan fingerprint density at radius 2 is 0.870 bits per heavy atom. The van der Waals surface area contributed by atoms with Crippen LogP contribution in [0.5, 0.6) is 0 Å². The molecule has 0 aliphatic heterocycles. The molecule has 8 aromatic carbocycles. The minimum atomic E-state index is 1.10. The Kier molecular flexibility index (Phi) is 7.25. The third-order valence-corrected chi connectivity index (χ3v) is 13.1. The normalized spacial score (nSPS) is 11.7. The number of anilines is 3. The number of hydrogen-bond donors (Lipinski definition) is 0. The van der Waals surface area contributed by atoms with E-state index in [-0.39, 0.29) is 0 Å². The molecule has 0 radical (unpaired) electrons. The van der Waals surface area contributed by atoms with Gasteiger partial charge in [-0.2, -0.15) is 0 Å². The molecule has 0 N–H and O–H groups in total. The predicted octanol–water partition coefficient (Wildman–Crippen LogP) is 15.2. The topological polar surface area (TPSA) is 8.17 Å². The molecule has 254 valence electrons. The summed E-state index contributed by atoms with van der Waals surface area (Å²) in [6.07, 6.45) is 0. The van der Waals surface area contributed by atoms with Crippen LogP contribution in [-0.2, 0) is 0 Å². The minimum absolute atomic E-state index is 1.10. The predicted molar refractivity (Wildman–Crippen MR) is 235 cm³/mol. The zero-order valence-corrected chi connectivity index (χ0v) is 30.8. The van der Waals surface area contributed by atoms with E-state index in [1.807, 2.05) is 22.7 Å². The number of fused-ring (bicyclic) bond motifs is 8. The van der Waals surface area contributed by atoms with Gasteiger partial charge in [-0.25, -0.2) is 0 Å². The first-order valence-corrected chi connectivity index (χ1v) is 19.9. The second-order valence-electron chi connectivity index (χ2n) is 13.8. The molecule has 0 amide bonds. The van der Waals surface area contributed by atoms with Crippen LogP contribution in [0.4, 0.5) is 17.1 Å². The summed E-state index contributed by atoms with van der Waals surface area (Å²) in [5.41, 5.74) is 11.9. The average Bonchev–Trinajstić information content (AvgIpc) is 3.90. The fourth-order valence-electron chi connectivity index (χ4n) is 8.01. The van der Waals surface area contributed by atoms with Crippen molar-refractivity contribution in [3.8, 4) is 27.9 Å². The molecule has 0 fully saturated rings. The van der Waals surface area contributed by atoms with Crippen LogP contribution in [0, 0.1) is 0 Å². The highest BCUT2D eigenvalue weighted by molar-refractivity contribution is 7.33. The Morgan fingerprint density at radius 3 is 1.52 bits per heavy atom. The Bertz CT molecular complexity index is 3060. The van der Waals surface area contributed by atoms with Crippen LogP contribution in [0.3, 0.4) is 0 Å². The molecule has 2 nitrogen and oxygen atoms in total. The van der Waals surface area contributed by atoms with E-state index in [2.05, 4.69) is 204 Å². The van der Waals surface area contributed by atoms with Crippen molar-refractivity contribution in [1.82, 2.24) is 4.57 Å². The van der Waals surface area contributed by atoms with E-state index in [9.17, 15) is 0 Å². The van der Waals surface area contributed by atoms with Gasteiger partial charge in [-0.1, -0.05) is 133 Å². The lowest BCUT2D eigenvalue weighted by Crippen LogP contribution is -2.10. The third-order valence-electron chi connectivity index (χ3n) is 10.6. The molecule has 54 heavy (non-hydrogen) atoms. The smallest absolute Gasteiger partial charge is 0.0736 e. The number of aromatic nitrogens is 1. The standard InChI is InChI=1S/C50H32N2S2/c1-2-11-33(12-3-1)35-23-27-39(28-24-35)51(40-29-25-36(26-30-40)38-22-21-34-13-4-5-14-37(34)31-38)41-15-10-16-42(32-41)52-47-43-17-6-8-19-45(43)53-49(47)50-48(52)44-18-7-9-20-46(44)54-50/h1-32H. The van der Waals surface area contributed by atoms with Gasteiger partial charge in [-0.05, 0) is 93.7 Å². The molecule has 3 aromatic heterocycles. The van der Waals surface area contributed by atoms with E-state index in [0.717, 1.165) is 22.7 Å². The third kappa shape index (κ3) is 5.07. The zero-order valence-electron chi connectivity index (χ0n) is 29.2. The van der Waals surface area contributed by atoms with Gasteiger partial charge in [0, 0.05) is 42.9 Å². The lowest BCUT2D eigenvalue weighted by Gasteiger charge is -2.26. The zero-order chi connectivity index (χ0) is 35.6. The number of hydrogen-bond acceptors (Lipinski definition) is 3. The van der Waals surface area contributed by atoms with Crippen LogP contribution < -0.4 is 4.90 Å². The summed E-state index contributed by atoms with van der Waals surface area (Å²) in [6.45, 7) is 0. The van der Waals surface area contributed by atoms with Gasteiger partial charge in [-0.15, -0.1) is 22.7 Å². The number of rotatable bonds is 6. The van der Waals surface area contributed by atoms with Crippen molar-refractivity contribution in [2.45, 2.75) is 0 Å². The van der Waals surface area contributed by atoms with Crippen molar-refractivity contribution in [2.24, 2.45) is 0 Å². The van der Waals surface area contributed by atoms with Gasteiger partial charge in [0.15, 0.2) is 0 Å². The molecule has 0 aliphatic carbocycles. The maximum Gasteiger partial charge on any atom is 0.0736 e. The highest BCUT2D eigenvalue weighted by Crippen LogP contribution is 2.48. The van der Waals surface area contributed by atoms with Gasteiger partial charge in [0.2, 0.25) is 0 Å². The second-order valence-corrected chi connectivity index (χ2v) is 15.9. The highest BCUT2D eigenvalue weighted by atomic mass is 32.1. The summed E-state index contributed by atoms with van der Waals surface area (Å²) in [5.74, 6) is 0. The van der Waals surface area contributed by atoms with Crippen LogP contribution in [0.1, 0.15) is 0 Å². The molecular weight excluding hydrogens is 693 g/mol. The maximum atomic E-state index is 2.52. The van der Waals surface area contributed by atoms with Crippen molar-refractivity contribution < 1.29 is 0 Å². The van der Waals surface area contributed by atoms with Gasteiger partial charge in [-0.3, -0.25) is 0 Å². The van der Waals surface area contributed by atoms with E-state index >= 15 is 0 Å².